The van der Waals surface area contributed by atoms with Gasteiger partial charge < -0.3 is 5.73 Å². The second kappa shape index (κ2) is 6.00. The third-order valence-electron chi connectivity index (χ3n) is 4.55. The van der Waals surface area contributed by atoms with E-state index < -0.39 is 0 Å². The molecular formula is C19H24N2. The third kappa shape index (κ3) is 2.87. The number of hydrogen-bond acceptors (Lipinski definition) is 2. The molecule has 2 heteroatoms. The van der Waals surface area contributed by atoms with E-state index in [2.05, 4.69) is 67.3 Å². The Kier molecular flexibility index (Phi) is 4.09. The molecule has 2 unspecified atom stereocenters. The number of fused-ring (bicyclic) bond motifs is 1. The Balaban J connectivity index is 1.89. The predicted molar refractivity (Wildman–Crippen MR) is 87.9 cm³/mol. The van der Waals surface area contributed by atoms with Crippen molar-refractivity contribution in [3.05, 3.63) is 70.8 Å². The maximum absolute atomic E-state index is 6.46. The van der Waals surface area contributed by atoms with Gasteiger partial charge in [0.25, 0.3) is 0 Å². The highest BCUT2D eigenvalue weighted by atomic mass is 15.2. The molecule has 2 atom stereocenters. The smallest absolute Gasteiger partial charge is 0.0506 e. The molecule has 0 bridgehead atoms. The Morgan fingerprint density at radius 1 is 1.00 bits per heavy atom. The summed E-state index contributed by atoms with van der Waals surface area (Å²) in [6.45, 7) is 6.31. The van der Waals surface area contributed by atoms with Crippen molar-refractivity contribution in [3.8, 4) is 0 Å². The molecule has 1 aliphatic rings. The van der Waals surface area contributed by atoms with Crippen molar-refractivity contribution in [1.82, 2.24) is 4.90 Å². The fourth-order valence-electron chi connectivity index (χ4n) is 3.27. The molecule has 110 valence electrons. The van der Waals surface area contributed by atoms with Gasteiger partial charge in [0.2, 0.25) is 0 Å². The molecule has 3 rings (SSSR count). The minimum Gasteiger partial charge on any atom is -0.326 e. The molecule has 0 aromatic heterocycles. The van der Waals surface area contributed by atoms with Gasteiger partial charge in [0.1, 0.15) is 0 Å². The van der Waals surface area contributed by atoms with Crippen LogP contribution in [0, 0.1) is 6.92 Å². The molecule has 2 aromatic carbocycles. The van der Waals surface area contributed by atoms with Crippen LogP contribution in [-0.2, 0) is 13.1 Å². The minimum absolute atomic E-state index is 0.169. The van der Waals surface area contributed by atoms with Gasteiger partial charge in [0.15, 0.2) is 0 Å². The van der Waals surface area contributed by atoms with Gasteiger partial charge in [-0.3, -0.25) is 4.90 Å². The standard InChI is InChI=1S/C19H24N2/c1-3-18(20)19(15-10-8-14(2)9-11-15)21-12-16-6-4-5-7-17(16)13-21/h4-11,18-19H,3,12-13,20H2,1-2H3. The molecular weight excluding hydrogens is 256 g/mol. The van der Waals surface area contributed by atoms with Crippen LogP contribution in [0.4, 0.5) is 0 Å². The minimum atomic E-state index is 0.169. The van der Waals surface area contributed by atoms with Crippen LogP contribution in [0.15, 0.2) is 48.5 Å². The maximum Gasteiger partial charge on any atom is 0.0506 e. The predicted octanol–water partition coefficient (Wildman–Crippen LogP) is 3.79. The van der Waals surface area contributed by atoms with Crippen molar-refractivity contribution in [2.75, 3.05) is 0 Å². The summed E-state index contributed by atoms with van der Waals surface area (Å²) >= 11 is 0. The van der Waals surface area contributed by atoms with Crippen LogP contribution in [0.2, 0.25) is 0 Å². The van der Waals surface area contributed by atoms with Gasteiger partial charge in [-0.2, -0.15) is 0 Å². The summed E-state index contributed by atoms with van der Waals surface area (Å²) in [4.78, 5) is 2.52. The summed E-state index contributed by atoms with van der Waals surface area (Å²) in [5.74, 6) is 0. The monoisotopic (exact) mass is 280 g/mol. The Morgan fingerprint density at radius 3 is 2.10 bits per heavy atom. The van der Waals surface area contributed by atoms with Crippen molar-refractivity contribution in [1.29, 1.82) is 0 Å². The summed E-state index contributed by atoms with van der Waals surface area (Å²) in [5.41, 5.74) is 12.0. The van der Waals surface area contributed by atoms with E-state index in [9.17, 15) is 0 Å². The molecule has 0 amide bonds. The molecule has 0 aliphatic carbocycles. The van der Waals surface area contributed by atoms with E-state index in [-0.39, 0.29) is 6.04 Å². The van der Waals surface area contributed by atoms with Gasteiger partial charge in [0.05, 0.1) is 6.04 Å². The molecule has 2 N–H and O–H groups in total. The lowest BCUT2D eigenvalue weighted by molar-refractivity contribution is 0.170. The van der Waals surface area contributed by atoms with Crippen molar-refractivity contribution in [2.45, 2.75) is 45.4 Å². The summed E-state index contributed by atoms with van der Waals surface area (Å²) in [6.07, 6.45) is 0.991. The van der Waals surface area contributed by atoms with Gasteiger partial charge in [-0.25, -0.2) is 0 Å². The first kappa shape index (κ1) is 14.3. The van der Waals surface area contributed by atoms with Gasteiger partial charge >= 0.3 is 0 Å². The highest BCUT2D eigenvalue weighted by molar-refractivity contribution is 5.32. The van der Waals surface area contributed by atoms with Crippen molar-refractivity contribution < 1.29 is 0 Å². The zero-order valence-corrected chi connectivity index (χ0v) is 12.9. The van der Waals surface area contributed by atoms with Crippen LogP contribution >= 0.6 is 0 Å². The lowest BCUT2D eigenvalue weighted by Gasteiger charge is -2.32. The van der Waals surface area contributed by atoms with E-state index in [0.717, 1.165) is 19.5 Å². The Bertz CT molecular complexity index is 578. The summed E-state index contributed by atoms with van der Waals surface area (Å²) in [7, 11) is 0. The molecule has 0 saturated heterocycles. The summed E-state index contributed by atoms with van der Waals surface area (Å²) in [6, 6.07) is 18.0. The van der Waals surface area contributed by atoms with Gasteiger partial charge in [0, 0.05) is 19.1 Å². The normalized spacial score (nSPS) is 17.5. The number of nitrogens with zero attached hydrogens (tertiary/aromatic N) is 1. The van der Waals surface area contributed by atoms with E-state index in [0.29, 0.717) is 6.04 Å². The van der Waals surface area contributed by atoms with E-state index in [1.807, 2.05) is 0 Å². The zero-order valence-electron chi connectivity index (χ0n) is 12.9. The lowest BCUT2D eigenvalue weighted by atomic mass is 9.96. The zero-order chi connectivity index (χ0) is 14.8. The Morgan fingerprint density at radius 2 is 1.57 bits per heavy atom. The number of aryl methyl sites for hydroxylation is 1. The second-order valence-electron chi connectivity index (χ2n) is 6.10. The quantitative estimate of drug-likeness (QED) is 0.923. The first-order chi connectivity index (χ1) is 10.2. The van der Waals surface area contributed by atoms with Gasteiger partial charge in [-0.15, -0.1) is 0 Å². The molecule has 0 saturated carbocycles. The number of benzene rings is 2. The topological polar surface area (TPSA) is 29.3 Å². The van der Waals surface area contributed by atoms with Crippen LogP contribution in [0.3, 0.4) is 0 Å². The van der Waals surface area contributed by atoms with Crippen molar-refractivity contribution in [3.63, 3.8) is 0 Å². The third-order valence-corrected chi connectivity index (χ3v) is 4.55. The fraction of sp³-hybridized carbons (Fsp3) is 0.368. The highest BCUT2D eigenvalue weighted by Gasteiger charge is 2.30. The molecule has 0 fully saturated rings. The van der Waals surface area contributed by atoms with Gasteiger partial charge in [-0.05, 0) is 30.0 Å². The number of hydrogen-bond donors (Lipinski definition) is 1. The van der Waals surface area contributed by atoms with Gasteiger partial charge in [-0.1, -0.05) is 61.0 Å². The summed E-state index contributed by atoms with van der Waals surface area (Å²) in [5, 5.41) is 0. The van der Waals surface area contributed by atoms with E-state index in [1.54, 1.807) is 0 Å². The number of rotatable bonds is 4. The average Bonchev–Trinajstić information content (AvgIpc) is 2.92. The molecule has 2 aromatic rings. The maximum atomic E-state index is 6.46. The van der Waals surface area contributed by atoms with E-state index >= 15 is 0 Å². The summed E-state index contributed by atoms with van der Waals surface area (Å²) < 4.78 is 0. The average molecular weight is 280 g/mol. The van der Waals surface area contributed by atoms with Crippen LogP contribution < -0.4 is 5.73 Å². The van der Waals surface area contributed by atoms with Crippen LogP contribution in [-0.4, -0.2) is 10.9 Å². The SMILES string of the molecule is CCC(N)C(c1ccc(C)cc1)N1Cc2ccccc2C1. The molecule has 1 heterocycles. The largest absolute Gasteiger partial charge is 0.326 e. The van der Waals surface area contributed by atoms with Crippen molar-refractivity contribution in [2.24, 2.45) is 5.73 Å². The second-order valence-corrected chi connectivity index (χ2v) is 6.10. The Labute approximate surface area is 127 Å². The molecule has 21 heavy (non-hydrogen) atoms. The van der Waals surface area contributed by atoms with Crippen LogP contribution in [0.25, 0.3) is 0 Å². The molecule has 0 radical (unpaired) electrons. The molecule has 1 aliphatic heterocycles. The lowest BCUT2D eigenvalue weighted by Crippen LogP contribution is -2.38. The number of nitrogens with two attached hydrogens (primary N) is 1. The first-order valence-corrected chi connectivity index (χ1v) is 7.82. The first-order valence-electron chi connectivity index (χ1n) is 7.82. The Hall–Kier alpha value is -1.64. The molecule has 0 spiro atoms. The van der Waals surface area contributed by atoms with Crippen molar-refractivity contribution >= 4 is 0 Å². The fourth-order valence-corrected chi connectivity index (χ4v) is 3.27. The van der Waals surface area contributed by atoms with E-state index in [4.69, 9.17) is 5.73 Å². The molecule has 2 nitrogen and oxygen atoms in total. The van der Waals surface area contributed by atoms with Crippen LogP contribution in [0.1, 0.15) is 41.6 Å². The highest BCUT2D eigenvalue weighted by Crippen LogP contribution is 2.33. The van der Waals surface area contributed by atoms with Crippen LogP contribution in [0.5, 0.6) is 0 Å². The van der Waals surface area contributed by atoms with E-state index in [1.165, 1.54) is 22.3 Å².